The van der Waals surface area contributed by atoms with Crippen LogP contribution in [0.25, 0.3) is 6.08 Å². The van der Waals surface area contributed by atoms with Gasteiger partial charge in [-0.1, -0.05) is 12.1 Å². The molecule has 1 amide bonds. The average Bonchev–Trinajstić information content (AvgIpc) is 3.04. The van der Waals surface area contributed by atoms with Gasteiger partial charge in [-0.05, 0) is 30.2 Å². The second-order valence-corrected chi connectivity index (χ2v) is 8.03. The quantitative estimate of drug-likeness (QED) is 0.473. The van der Waals surface area contributed by atoms with Crippen molar-refractivity contribution in [1.82, 2.24) is 4.90 Å². The molecule has 1 heterocycles. The molecule has 1 aliphatic rings. The molecular formula is C18H22N2O7S. The molecule has 0 spiro atoms. The molecular weight excluding hydrogens is 388 g/mol. The van der Waals surface area contributed by atoms with Crippen molar-refractivity contribution in [2.75, 3.05) is 43.9 Å². The van der Waals surface area contributed by atoms with Crippen molar-refractivity contribution in [2.24, 2.45) is 0 Å². The largest absolute Gasteiger partial charge is 0.468 e. The molecule has 2 rings (SSSR count). The topological polar surface area (TPSA) is 110 Å². The van der Waals surface area contributed by atoms with Gasteiger partial charge in [-0.25, -0.2) is 8.42 Å². The number of ether oxygens (including phenoxy) is 2. The molecule has 28 heavy (non-hydrogen) atoms. The number of sulfonamides is 1. The van der Waals surface area contributed by atoms with Gasteiger partial charge in [0.2, 0.25) is 15.9 Å². The van der Waals surface area contributed by atoms with Crippen LogP contribution < -0.4 is 4.31 Å². The van der Waals surface area contributed by atoms with Crippen molar-refractivity contribution in [2.45, 2.75) is 6.42 Å². The van der Waals surface area contributed by atoms with Crippen LogP contribution in [0, 0.1) is 0 Å². The zero-order valence-electron chi connectivity index (χ0n) is 15.7. The van der Waals surface area contributed by atoms with E-state index in [9.17, 15) is 22.8 Å². The highest BCUT2D eigenvalue weighted by Gasteiger charge is 2.28. The summed E-state index contributed by atoms with van der Waals surface area (Å²) in [4.78, 5) is 36.2. The van der Waals surface area contributed by atoms with Gasteiger partial charge in [-0.3, -0.25) is 18.7 Å². The highest BCUT2D eigenvalue weighted by Crippen LogP contribution is 2.24. The minimum atomic E-state index is -3.25. The molecule has 1 fully saturated rings. The summed E-state index contributed by atoms with van der Waals surface area (Å²) in [7, 11) is -0.888. The lowest BCUT2D eigenvalue weighted by molar-refractivity contribution is -0.150. The zero-order valence-corrected chi connectivity index (χ0v) is 16.5. The first-order valence-electron chi connectivity index (χ1n) is 8.48. The summed E-state index contributed by atoms with van der Waals surface area (Å²) in [6.45, 7) is -0.326. The summed E-state index contributed by atoms with van der Waals surface area (Å²) in [5.41, 5.74) is 1.23. The van der Waals surface area contributed by atoms with Gasteiger partial charge in [-0.2, -0.15) is 0 Å². The maximum atomic E-state index is 12.3. The Bertz CT molecular complexity index is 844. The normalized spacial score (nSPS) is 15.4. The van der Waals surface area contributed by atoms with E-state index < -0.39 is 27.9 Å². The van der Waals surface area contributed by atoms with Crippen molar-refractivity contribution in [3.05, 3.63) is 35.9 Å². The monoisotopic (exact) mass is 410 g/mol. The molecule has 10 heteroatoms. The van der Waals surface area contributed by atoms with Gasteiger partial charge in [0.15, 0.2) is 0 Å². The third-order valence-electron chi connectivity index (χ3n) is 4.11. The van der Waals surface area contributed by atoms with E-state index in [1.165, 1.54) is 30.7 Å². The average molecular weight is 410 g/mol. The van der Waals surface area contributed by atoms with Crippen LogP contribution >= 0.6 is 0 Å². The van der Waals surface area contributed by atoms with Crippen LogP contribution in [0.4, 0.5) is 5.69 Å². The van der Waals surface area contributed by atoms with Gasteiger partial charge < -0.3 is 14.4 Å². The van der Waals surface area contributed by atoms with Crippen molar-refractivity contribution in [3.63, 3.8) is 0 Å². The predicted octanol–water partition coefficient (Wildman–Crippen LogP) is 0.414. The molecule has 1 aromatic rings. The summed E-state index contributed by atoms with van der Waals surface area (Å²) in [6.07, 6.45) is 3.31. The maximum absolute atomic E-state index is 12.3. The molecule has 152 valence electrons. The fraction of sp³-hybridized carbons (Fsp3) is 0.389. The maximum Gasteiger partial charge on any atom is 0.325 e. The van der Waals surface area contributed by atoms with E-state index in [0.717, 1.165) is 4.90 Å². The zero-order chi connectivity index (χ0) is 20.7. The van der Waals surface area contributed by atoms with E-state index in [1.54, 1.807) is 24.3 Å². The first-order chi connectivity index (χ1) is 13.3. The second kappa shape index (κ2) is 9.36. The van der Waals surface area contributed by atoms with Crippen LogP contribution in [-0.4, -0.2) is 70.8 Å². The van der Waals surface area contributed by atoms with Crippen molar-refractivity contribution in [3.8, 4) is 0 Å². The number of amides is 1. The molecule has 0 N–H and O–H groups in total. The molecule has 0 bridgehead atoms. The SMILES string of the molecule is COC(=O)CN(CC(=O)OC)C(=O)/C=C/c1ccc(N2CCCS2(=O)=O)cc1. The van der Waals surface area contributed by atoms with E-state index in [4.69, 9.17) is 0 Å². The van der Waals surface area contributed by atoms with Crippen LogP contribution in [-0.2, 0) is 33.9 Å². The lowest BCUT2D eigenvalue weighted by Crippen LogP contribution is -2.39. The number of esters is 2. The summed E-state index contributed by atoms with van der Waals surface area (Å²) in [5.74, 6) is -1.76. The summed E-state index contributed by atoms with van der Waals surface area (Å²) < 4.78 is 34.3. The van der Waals surface area contributed by atoms with Crippen LogP contribution in [0.2, 0.25) is 0 Å². The van der Waals surface area contributed by atoms with Gasteiger partial charge >= 0.3 is 11.9 Å². The summed E-state index contributed by atoms with van der Waals surface area (Å²) in [5, 5.41) is 0. The Labute approximate surface area is 163 Å². The van der Waals surface area contributed by atoms with Crippen LogP contribution in [0.15, 0.2) is 30.3 Å². The number of nitrogens with zero attached hydrogens (tertiary/aromatic N) is 2. The molecule has 0 unspecified atom stereocenters. The Morgan fingerprint density at radius 3 is 2.11 bits per heavy atom. The number of carbonyl (C=O) groups is 3. The number of benzene rings is 1. The Kier molecular flexibility index (Phi) is 7.16. The van der Waals surface area contributed by atoms with Gasteiger partial charge in [0.25, 0.3) is 0 Å². The van der Waals surface area contributed by atoms with Crippen molar-refractivity contribution < 1.29 is 32.3 Å². The Morgan fingerprint density at radius 1 is 1.07 bits per heavy atom. The molecule has 0 atom stereocenters. The first kappa shape index (κ1) is 21.4. The molecule has 1 aromatic carbocycles. The minimum Gasteiger partial charge on any atom is -0.468 e. The highest BCUT2D eigenvalue weighted by atomic mass is 32.2. The minimum absolute atomic E-state index is 0.138. The van der Waals surface area contributed by atoms with E-state index in [-0.39, 0.29) is 18.8 Å². The van der Waals surface area contributed by atoms with Gasteiger partial charge in [-0.15, -0.1) is 0 Å². The standard InChI is InChI=1S/C18H22N2O7S/c1-26-17(22)12-19(13-18(23)27-2)16(21)9-6-14-4-7-15(8-5-14)20-10-3-11-28(20,24)25/h4-9H,3,10-13H2,1-2H3/b9-6+. The Hall–Kier alpha value is -2.88. The highest BCUT2D eigenvalue weighted by molar-refractivity contribution is 7.93. The lowest BCUT2D eigenvalue weighted by atomic mass is 10.2. The second-order valence-electron chi connectivity index (χ2n) is 6.01. The van der Waals surface area contributed by atoms with Crippen LogP contribution in [0.1, 0.15) is 12.0 Å². The number of hydrogen-bond acceptors (Lipinski definition) is 7. The molecule has 9 nitrogen and oxygen atoms in total. The first-order valence-corrected chi connectivity index (χ1v) is 10.1. The van der Waals surface area contributed by atoms with E-state index in [0.29, 0.717) is 24.2 Å². The van der Waals surface area contributed by atoms with E-state index in [2.05, 4.69) is 9.47 Å². The lowest BCUT2D eigenvalue weighted by Gasteiger charge is -2.18. The smallest absolute Gasteiger partial charge is 0.325 e. The molecule has 0 aliphatic carbocycles. The van der Waals surface area contributed by atoms with E-state index in [1.807, 2.05) is 0 Å². The summed E-state index contributed by atoms with van der Waals surface area (Å²) in [6, 6.07) is 6.68. The van der Waals surface area contributed by atoms with Crippen LogP contribution in [0.3, 0.4) is 0 Å². The molecule has 1 aliphatic heterocycles. The molecule has 0 aromatic heterocycles. The fourth-order valence-electron chi connectivity index (χ4n) is 2.61. The van der Waals surface area contributed by atoms with Gasteiger partial charge in [0, 0.05) is 12.6 Å². The number of carbonyl (C=O) groups excluding carboxylic acids is 3. The third kappa shape index (κ3) is 5.56. The number of hydrogen-bond donors (Lipinski definition) is 0. The Balaban J connectivity index is 2.08. The number of rotatable bonds is 7. The molecule has 0 saturated carbocycles. The summed E-state index contributed by atoms with van der Waals surface area (Å²) >= 11 is 0. The Morgan fingerprint density at radius 2 is 1.64 bits per heavy atom. The molecule has 1 saturated heterocycles. The van der Waals surface area contributed by atoms with E-state index >= 15 is 0 Å². The number of methoxy groups -OCH3 is 2. The van der Waals surface area contributed by atoms with Crippen LogP contribution in [0.5, 0.6) is 0 Å². The third-order valence-corrected chi connectivity index (χ3v) is 5.98. The van der Waals surface area contributed by atoms with Gasteiger partial charge in [0.05, 0.1) is 25.7 Å². The number of anilines is 1. The fourth-order valence-corrected chi connectivity index (χ4v) is 4.17. The van der Waals surface area contributed by atoms with Crippen molar-refractivity contribution in [1.29, 1.82) is 0 Å². The van der Waals surface area contributed by atoms with Gasteiger partial charge in [0.1, 0.15) is 13.1 Å². The predicted molar refractivity (Wildman–Crippen MR) is 102 cm³/mol. The van der Waals surface area contributed by atoms with Crippen molar-refractivity contribution >= 4 is 39.6 Å². The molecule has 0 radical (unpaired) electrons.